The lowest BCUT2D eigenvalue weighted by molar-refractivity contribution is -0.121. The van der Waals surface area contributed by atoms with Crippen molar-refractivity contribution >= 4 is 22.5 Å². The van der Waals surface area contributed by atoms with E-state index in [4.69, 9.17) is 4.74 Å². The summed E-state index contributed by atoms with van der Waals surface area (Å²) < 4.78 is 20.2. The van der Waals surface area contributed by atoms with Crippen LogP contribution in [-0.2, 0) is 16.0 Å². The molecular weight excluding hydrogens is 327 g/mol. The van der Waals surface area contributed by atoms with Crippen molar-refractivity contribution in [2.24, 2.45) is 0 Å². The molecule has 0 radical (unpaired) electrons. The van der Waals surface area contributed by atoms with Gasteiger partial charge in [0.25, 0.3) is 5.56 Å². The molecule has 8 heteroatoms. The SMILES string of the molecule is COCCNC(=O)CCc1c(C)nc2c3c(F)cccc3[nH]n2c1=O. The lowest BCUT2D eigenvalue weighted by atomic mass is 10.1. The number of rotatable bonds is 6. The Morgan fingerprint density at radius 3 is 3.00 bits per heavy atom. The first-order valence-corrected chi connectivity index (χ1v) is 7.97. The predicted octanol–water partition coefficient (Wildman–Crippen LogP) is 1.32. The van der Waals surface area contributed by atoms with Crippen molar-refractivity contribution in [2.75, 3.05) is 20.3 Å². The lowest BCUT2D eigenvalue weighted by Gasteiger charge is -2.06. The number of ether oxygens (including phenoxy) is 1. The van der Waals surface area contributed by atoms with Crippen LogP contribution in [0.3, 0.4) is 0 Å². The Morgan fingerprint density at radius 1 is 1.44 bits per heavy atom. The number of nitrogens with zero attached hydrogens (tertiary/aromatic N) is 2. The topological polar surface area (TPSA) is 88.5 Å². The maximum atomic E-state index is 14.1. The summed E-state index contributed by atoms with van der Waals surface area (Å²) in [6.45, 7) is 2.55. The smallest absolute Gasteiger partial charge is 0.276 e. The molecule has 0 aliphatic rings. The zero-order chi connectivity index (χ0) is 18.0. The number of methoxy groups -OCH3 is 1. The average molecular weight is 346 g/mol. The van der Waals surface area contributed by atoms with Gasteiger partial charge in [-0.15, -0.1) is 0 Å². The number of hydrogen-bond acceptors (Lipinski definition) is 4. The minimum Gasteiger partial charge on any atom is -0.383 e. The van der Waals surface area contributed by atoms with Crippen LogP contribution in [0.5, 0.6) is 0 Å². The van der Waals surface area contributed by atoms with Crippen LogP contribution >= 0.6 is 0 Å². The molecule has 0 bridgehead atoms. The molecule has 3 aromatic rings. The summed E-state index contributed by atoms with van der Waals surface area (Å²) >= 11 is 0. The second-order valence-electron chi connectivity index (χ2n) is 5.76. The molecule has 25 heavy (non-hydrogen) atoms. The molecule has 0 fully saturated rings. The van der Waals surface area contributed by atoms with Gasteiger partial charge in [0.2, 0.25) is 5.91 Å². The van der Waals surface area contributed by atoms with E-state index < -0.39 is 5.82 Å². The first kappa shape index (κ1) is 17.1. The first-order valence-electron chi connectivity index (χ1n) is 7.97. The highest BCUT2D eigenvalue weighted by Gasteiger charge is 2.16. The summed E-state index contributed by atoms with van der Waals surface area (Å²) in [6.07, 6.45) is 0.430. The van der Waals surface area contributed by atoms with E-state index in [1.807, 2.05) is 0 Å². The van der Waals surface area contributed by atoms with Gasteiger partial charge in [-0.2, -0.15) is 0 Å². The van der Waals surface area contributed by atoms with E-state index in [0.717, 1.165) is 0 Å². The fourth-order valence-electron chi connectivity index (χ4n) is 2.81. The third kappa shape index (κ3) is 3.25. The Labute approximate surface area is 142 Å². The zero-order valence-corrected chi connectivity index (χ0v) is 14.1. The molecule has 0 aliphatic heterocycles. The van der Waals surface area contributed by atoms with Crippen molar-refractivity contribution in [1.29, 1.82) is 0 Å². The van der Waals surface area contributed by atoms with Gasteiger partial charge in [-0.3, -0.25) is 14.7 Å². The molecule has 0 spiro atoms. The molecule has 0 saturated heterocycles. The maximum Gasteiger partial charge on any atom is 0.276 e. The second kappa shape index (κ2) is 7.02. The normalized spacial score (nSPS) is 11.3. The standard InChI is InChI=1S/C17H19FN4O3/c1-10-11(6-7-14(23)19-8-9-25-2)17(24)22-16(20-10)15-12(18)4-3-5-13(15)21-22/h3-5,21H,6-9H2,1-2H3,(H,19,23). The zero-order valence-electron chi connectivity index (χ0n) is 14.1. The summed E-state index contributed by atoms with van der Waals surface area (Å²) in [5, 5.41) is 5.86. The number of fused-ring (bicyclic) bond motifs is 3. The Morgan fingerprint density at radius 2 is 2.24 bits per heavy atom. The number of H-pyrrole nitrogens is 1. The summed E-state index contributed by atoms with van der Waals surface area (Å²) in [7, 11) is 1.56. The number of benzene rings is 1. The largest absolute Gasteiger partial charge is 0.383 e. The van der Waals surface area contributed by atoms with Crippen LogP contribution in [0.2, 0.25) is 0 Å². The van der Waals surface area contributed by atoms with Crippen molar-refractivity contribution < 1.29 is 13.9 Å². The van der Waals surface area contributed by atoms with Gasteiger partial charge in [-0.1, -0.05) is 6.07 Å². The van der Waals surface area contributed by atoms with E-state index in [2.05, 4.69) is 15.4 Å². The van der Waals surface area contributed by atoms with Gasteiger partial charge in [-0.25, -0.2) is 13.9 Å². The van der Waals surface area contributed by atoms with E-state index in [9.17, 15) is 14.0 Å². The summed E-state index contributed by atoms with van der Waals surface area (Å²) in [6, 6.07) is 4.58. The van der Waals surface area contributed by atoms with Crippen LogP contribution in [0.1, 0.15) is 17.7 Å². The average Bonchev–Trinajstić information content (AvgIpc) is 2.95. The number of aromatic nitrogens is 3. The highest BCUT2D eigenvalue weighted by Crippen LogP contribution is 2.21. The minimum atomic E-state index is -0.437. The first-order chi connectivity index (χ1) is 12.0. The quantitative estimate of drug-likeness (QED) is 0.659. The molecule has 1 aromatic carbocycles. The van der Waals surface area contributed by atoms with Gasteiger partial charge < -0.3 is 10.1 Å². The molecule has 7 nitrogen and oxygen atoms in total. The van der Waals surface area contributed by atoms with Crippen molar-refractivity contribution in [3.8, 4) is 0 Å². The Hall–Kier alpha value is -2.74. The Balaban J connectivity index is 1.92. The van der Waals surface area contributed by atoms with Gasteiger partial charge in [0.15, 0.2) is 5.65 Å². The third-order valence-electron chi connectivity index (χ3n) is 4.08. The van der Waals surface area contributed by atoms with E-state index in [-0.39, 0.29) is 35.3 Å². The van der Waals surface area contributed by atoms with Crippen molar-refractivity contribution in [3.63, 3.8) is 0 Å². The highest BCUT2D eigenvalue weighted by atomic mass is 19.1. The third-order valence-corrected chi connectivity index (χ3v) is 4.08. The number of carbonyl (C=O) groups excluding carboxylic acids is 1. The highest BCUT2D eigenvalue weighted by molar-refractivity contribution is 5.92. The van der Waals surface area contributed by atoms with Crippen molar-refractivity contribution in [2.45, 2.75) is 19.8 Å². The van der Waals surface area contributed by atoms with Crippen LogP contribution in [0, 0.1) is 12.7 Å². The van der Waals surface area contributed by atoms with Crippen molar-refractivity contribution in [1.82, 2.24) is 19.9 Å². The number of amides is 1. The number of aryl methyl sites for hydroxylation is 1. The van der Waals surface area contributed by atoms with Gasteiger partial charge in [0.1, 0.15) is 5.82 Å². The molecule has 0 atom stereocenters. The van der Waals surface area contributed by atoms with Gasteiger partial charge in [-0.05, 0) is 25.5 Å². The van der Waals surface area contributed by atoms with Gasteiger partial charge in [0.05, 0.1) is 17.5 Å². The molecule has 2 N–H and O–H groups in total. The van der Waals surface area contributed by atoms with E-state index in [1.54, 1.807) is 26.2 Å². The number of aromatic amines is 1. The Bertz CT molecular complexity index is 993. The lowest BCUT2D eigenvalue weighted by Crippen LogP contribution is -2.28. The number of halogens is 1. The fourth-order valence-corrected chi connectivity index (χ4v) is 2.81. The fraction of sp³-hybridized carbons (Fsp3) is 0.353. The van der Waals surface area contributed by atoms with Crippen LogP contribution in [0.25, 0.3) is 16.6 Å². The van der Waals surface area contributed by atoms with Crippen LogP contribution in [0.4, 0.5) is 4.39 Å². The van der Waals surface area contributed by atoms with E-state index in [1.165, 1.54) is 10.6 Å². The van der Waals surface area contributed by atoms with Crippen LogP contribution in [0.15, 0.2) is 23.0 Å². The molecule has 0 unspecified atom stereocenters. The molecule has 2 aromatic heterocycles. The number of carbonyl (C=O) groups is 1. The van der Waals surface area contributed by atoms with Crippen LogP contribution < -0.4 is 10.9 Å². The maximum absolute atomic E-state index is 14.1. The summed E-state index contributed by atoms with van der Waals surface area (Å²) in [4.78, 5) is 28.9. The molecule has 1 amide bonds. The van der Waals surface area contributed by atoms with Crippen LogP contribution in [-0.4, -0.2) is 40.8 Å². The number of hydrogen-bond donors (Lipinski definition) is 2. The van der Waals surface area contributed by atoms with Gasteiger partial charge >= 0.3 is 0 Å². The molecule has 0 saturated carbocycles. The molecule has 3 rings (SSSR count). The predicted molar refractivity (Wildman–Crippen MR) is 91.2 cm³/mol. The monoisotopic (exact) mass is 346 g/mol. The molecule has 2 heterocycles. The summed E-state index contributed by atoms with van der Waals surface area (Å²) in [5.74, 6) is -0.601. The Kier molecular flexibility index (Phi) is 4.80. The van der Waals surface area contributed by atoms with Gasteiger partial charge in [0, 0.05) is 31.3 Å². The number of nitrogens with one attached hydrogen (secondary N) is 2. The molecule has 132 valence electrons. The second-order valence-corrected chi connectivity index (χ2v) is 5.76. The van der Waals surface area contributed by atoms with E-state index in [0.29, 0.717) is 29.9 Å². The molecule has 0 aliphatic carbocycles. The van der Waals surface area contributed by atoms with E-state index >= 15 is 0 Å². The summed E-state index contributed by atoms with van der Waals surface area (Å²) in [5.41, 5.74) is 1.37. The molecular formula is C17H19FN4O3. The minimum absolute atomic E-state index is 0.163. The van der Waals surface area contributed by atoms with Crippen molar-refractivity contribution in [3.05, 3.63) is 45.6 Å².